The first-order chi connectivity index (χ1) is 15.9. The maximum atomic E-state index is 12.5. The van der Waals surface area contributed by atoms with Gasteiger partial charge in [-0.05, 0) is 54.5 Å². The summed E-state index contributed by atoms with van der Waals surface area (Å²) in [5, 5.41) is 12.2. The van der Waals surface area contributed by atoms with Gasteiger partial charge >= 0.3 is 5.97 Å². The molecule has 0 aliphatic carbocycles. The van der Waals surface area contributed by atoms with E-state index in [9.17, 15) is 14.7 Å². The number of ether oxygens (including phenoxy) is 2. The number of nitrogens with zero attached hydrogens (tertiary/aromatic N) is 1. The standard InChI is InChI=1S/C25H26N2O5S/c1-15(2)12-19(24(29)30)27-23(28)22-14-26-25(33-22)31-18-9-11-21-17(13-18)8-10-20(32-21)16-6-4-3-5-7-16/h3-7,9,11,13-15,19-20H,8,10,12H2,1-2H3,(H,27,28)(H,29,30). The van der Waals surface area contributed by atoms with E-state index in [1.165, 1.54) is 6.20 Å². The van der Waals surface area contributed by atoms with Crippen LogP contribution in [0.25, 0.3) is 0 Å². The molecule has 33 heavy (non-hydrogen) atoms. The molecular weight excluding hydrogens is 440 g/mol. The Morgan fingerprint density at radius 1 is 1.24 bits per heavy atom. The lowest BCUT2D eigenvalue weighted by molar-refractivity contribution is -0.139. The van der Waals surface area contributed by atoms with E-state index in [-0.39, 0.29) is 12.0 Å². The fourth-order valence-electron chi connectivity index (χ4n) is 3.76. The van der Waals surface area contributed by atoms with E-state index in [4.69, 9.17) is 9.47 Å². The smallest absolute Gasteiger partial charge is 0.326 e. The Hall–Kier alpha value is -3.39. The lowest BCUT2D eigenvalue weighted by atomic mass is 9.97. The summed E-state index contributed by atoms with van der Waals surface area (Å²) in [5.74, 6) is 0.0688. The normalized spacial score (nSPS) is 15.9. The summed E-state index contributed by atoms with van der Waals surface area (Å²) in [4.78, 5) is 28.3. The Kier molecular flexibility index (Phi) is 6.93. The van der Waals surface area contributed by atoms with Crippen molar-refractivity contribution in [3.63, 3.8) is 0 Å². The molecule has 1 amide bonds. The first kappa shape index (κ1) is 22.8. The summed E-state index contributed by atoms with van der Waals surface area (Å²) >= 11 is 1.07. The van der Waals surface area contributed by atoms with Gasteiger partial charge in [0.05, 0.1) is 6.20 Å². The van der Waals surface area contributed by atoms with Gasteiger partial charge in [0.25, 0.3) is 11.1 Å². The molecular formula is C25H26N2O5S. The molecule has 7 nitrogen and oxygen atoms in total. The fourth-order valence-corrected chi connectivity index (χ4v) is 4.45. The number of benzene rings is 2. The van der Waals surface area contributed by atoms with E-state index >= 15 is 0 Å². The summed E-state index contributed by atoms with van der Waals surface area (Å²) in [6.45, 7) is 3.82. The van der Waals surface area contributed by atoms with Crippen LogP contribution in [0.15, 0.2) is 54.7 Å². The molecule has 1 aromatic heterocycles. The maximum Gasteiger partial charge on any atom is 0.326 e. The second-order valence-electron chi connectivity index (χ2n) is 8.41. The third kappa shape index (κ3) is 5.70. The van der Waals surface area contributed by atoms with E-state index < -0.39 is 17.9 Å². The van der Waals surface area contributed by atoms with E-state index in [2.05, 4.69) is 22.4 Å². The monoisotopic (exact) mass is 466 g/mol. The Morgan fingerprint density at radius 2 is 2.03 bits per heavy atom. The molecule has 0 radical (unpaired) electrons. The van der Waals surface area contributed by atoms with Crippen molar-refractivity contribution >= 4 is 23.2 Å². The largest absolute Gasteiger partial charge is 0.485 e. The average molecular weight is 467 g/mol. The van der Waals surface area contributed by atoms with Gasteiger partial charge in [-0.2, -0.15) is 0 Å². The average Bonchev–Trinajstić information content (AvgIpc) is 3.27. The summed E-state index contributed by atoms with van der Waals surface area (Å²) in [6.07, 6.45) is 3.53. The number of carbonyl (C=O) groups excluding carboxylic acids is 1. The number of hydrogen-bond donors (Lipinski definition) is 2. The molecule has 2 N–H and O–H groups in total. The Balaban J connectivity index is 1.40. The van der Waals surface area contributed by atoms with Crippen molar-refractivity contribution in [3.05, 3.63) is 70.7 Å². The molecule has 0 bridgehead atoms. The van der Waals surface area contributed by atoms with Crippen LogP contribution in [0.4, 0.5) is 0 Å². The van der Waals surface area contributed by atoms with Crippen molar-refractivity contribution in [2.24, 2.45) is 5.92 Å². The highest BCUT2D eigenvalue weighted by Crippen LogP contribution is 2.38. The van der Waals surface area contributed by atoms with Crippen LogP contribution >= 0.6 is 11.3 Å². The van der Waals surface area contributed by atoms with Gasteiger partial charge in [0.15, 0.2) is 0 Å². The van der Waals surface area contributed by atoms with Crippen molar-refractivity contribution in [2.75, 3.05) is 0 Å². The predicted octanol–water partition coefficient (Wildman–Crippen LogP) is 5.23. The van der Waals surface area contributed by atoms with Crippen LogP contribution < -0.4 is 14.8 Å². The van der Waals surface area contributed by atoms with Crippen molar-refractivity contribution in [1.29, 1.82) is 0 Å². The maximum absolute atomic E-state index is 12.5. The highest BCUT2D eigenvalue weighted by molar-refractivity contribution is 7.15. The van der Waals surface area contributed by atoms with Crippen molar-refractivity contribution < 1.29 is 24.2 Å². The number of hydrogen-bond acceptors (Lipinski definition) is 6. The van der Waals surface area contributed by atoms with Gasteiger partial charge < -0.3 is 19.9 Å². The fraction of sp³-hybridized carbons (Fsp3) is 0.320. The molecule has 3 aromatic rings. The van der Waals surface area contributed by atoms with Gasteiger partial charge in [-0.15, -0.1) is 0 Å². The van der Waals surface area contributed by atoms with Crippen LogP contribution in [0.2, 0.25) is 0 Å². The summed E-state index contributed by atoms with van der Waals surface area (Å²) in [5.41, 5.74) is 2.22. The molecule has 0 saturated carbocycles. The van der Waals surface area contributed by atoms with Crippen LogP contribution in [0.3, 0.4) is 0 Å². The van der Waals surface area contributed by atoms with Crippen molar-refractivity contribution in [3.8, 4) is 16.7 Å². The minimum Gasteiger partial charge on any atom is -0.485 e. The first-order valence-electron chi connectivity index (χ1n) is 10.9. The van der Waals surface area contributed by atoms with Crippen LogP contribution in [-0.4, -0.2) is 28.0 Å². The molecule has 2 atom stereocenters. The van der Waals surface area contributed by atoms with Crippen LogP contribution in [0.1, 0.15) is 53.6 Å². The molecule has 8 heteroatoms. The van der Waals surface area contributed by atoms with Crippen molar-refractivity contribution in [2.45, 2.75) is 45.3 Å². The van der Waals surface area contributed by atoms with Gasteiger partial charge in [0, 0.05) is 0 Å². The number of amides is 1. The number of carboxylic acid groups (broad SMARTS) is 1. The lowest BCUT2D eigenvalue weighted by Gasteiger charge is -2.26. The van der Waals surface area contributed by atoms with E-state index in [0.29, 0.717) is 22.2 Å². The molecule has 0 saturated heterocycles. The second kappa shape index (κ2) is 10.0. The molecule has 1 aliphatic heterocycles. The van der Waals surface area contributed by atoms with Gasteiger partial charge in [-0.1, -0.05) is 55.5 Å². The number of carboxylic acids is 1. The summed E-state index contributed by atoms with van der Waals surface area (Å²) in [7, 11) is 0. The Morgan fingerprint density at radius 3 is 2.76 bits per heavy atom. The van der Waals surface area contributed by atoms with Gasteiger partial charge in [-0.25, -0.2) is 9.78 Å². The molecule has 1 aliphatic rings. The first-order valence-corrected chi connectivity index (χ1v) is 11.7. The number of carbonyl (C=O) groups is 2. The Bertz CT molecular complexity index is 1130. The number of aliphatic carboxylic acids is 1. The van der Waals surface area contributed by atoms with Crippen LogP contribution in [-0.2, 0) is 11.2 Å². The van der Waals surface area contributed by atoms with E-state index in [0.717, 1.165) is 41.1 Å². The van der Waals surface area contributed by atoms with Gasteiger partial charge in [-0.3, -0.25) is 4.79 Å². The minimum atomic E-state index is -1.05. The second-order valence-corrected chi connectivity index (χ2v) is 9.40. The number of aryl methyl sites for hydroxylation is 1. The van der Waals surface area contributed by atoms with Crippen LogP contribution in [0.5, 0.6) is 16.7 Å². The third-order valence-corrected chi connectivity index (χ3v) is 6.25. The quantitative estimate of drug-likeness (QED) is 0.472. The van der Waals surface area contributed by atoms with Crippen LogP contribution in [0, 0.1) is 5.92 Å². The highest BCUT2D eigenvalue weighted by atomic mass is 32.1. The molecule has 2 aromatic carbocycles. The number of fused-ring (bicyclic) bond motifs is 1. The Labute approximate surface area is 196 Å². The molecule has 4 rings (SSSR count). The van der Waals surface area contributed by atoms with Crippen molar-refractivity contribution in [1.82, 2.24) is 10.3 Å². The molecule has 2 heterocycles. The molecule has 0 spiro atoms. The third-order valence-electron chi connectivity index (χ3n) is 5.37. The lowest BCUT2D eigenvalue weighted by Crippen LogP contribution is -2.41. The van der Waals surface area contributed by atoms with Gasteiger partial charge in [0.1, 0.15) is 28.5 Å². The number of thiazole rings is 1. The molecule has 2 unspecified atom stereocenters. The number of nitrogens with one attached hydrogen (secondary N) is 1. The minimum absolute atomic E-state index is 0.0378. The summed E-state index contributed by atoms with van der Waals surface area (Å²) in [6, 6.07) is 14.9. The zero-order chi connectivity index (χ0) is 23.4. The molecule has 172 valence electrons. The zero-order valence-electron chi connectivity index (χ0n) is 18.5. The number of aromatic nitrogens is 1. The van der Waals surface area contributed by atoms with E-state index in [1.807, 2.05) is 50.2 Å². The topological polar surface area (TPSA) is 97.8 Å². The number of rotatable bonds is 8. The highest BCUT2D eigenvalue weighted by Gasteiger charge is 2.24. The zero-order valence-corrected chi connectivity index (χ0v) is 19.3. The summed E-state index contributed by atoms with van der Waals surface area (Å²) < 4.78 is 12.0. The molecule has 0 fully saturated rings. The van der Waals surface area contributed by atoms with Gasteiger partial charge in [0.2, 0.25) is 0 Å². The SMILES string of the molecule is CC(C)CC(NC(=O)c1cnc(Oc2ccc3c(c2)CCC(c2ccccc2)O3)s1)C(=O)O. The predicted molar refractivity (Wildman–Crippen MR) is 125 cm³/mol. The van der Waals surface area contributed by atoms with E-state index in [1.54, 1.807) is 0 Å².